The third-order valence-corrected chi connectivity index (χ3v) is 3.03. The van der Waals surface area contributed by atoms with E-state index in [2.05, 4.69) is 22.5 Å². The Kier molecular flexibility index (Phi) is 4.34. The SMILES string of the molecule is CCCCNC(=O)c1cc2ccccc2c(NC)n1. The van der Waals surface area contributed by atoms with Gasteiger partial charge in [-0.15, -0.1) is 0 Å². The molecule has 2 rings (SSSR count). The van der Waals surface area contributed by atoms with Gasteiger partial charge in [-0.3, -0.25) is 4.79 Å². The van der Waals surface area contributed by atoms with Crippen LogP contribution in [0.2, 0.25) is 0 Å². The number of benzene rings is 1. The van der Waals surface area contributed by atoms with Gasteiger partial charge in [0, 0.05) is 19.0 Å². The van der Waals surface area contributed by atoms with Gasteiger partial charge < -0.3 is 10.6 Å². The zero-order valence-corrected chi connectivity index (χ0v) is 11.4. The summed E-state index contributed by atoms with van der Waals surface area (Å²) < 4.78 is 0. The van der Waals surface area contributed by atoms with Crippen LogP contribution in [0.5, 0.6) is 0 Å². The number of hydrogen-bond acceptors (Lipinski definition) is 3. The molecule has 0 fully saturated rings. The molecule has 0 saturated carbocycles. The maximum absolute atomic E-state index is 12.0. The number of fused-ring (bicyclic) bond motifs is 1. The molecule has 2 aromatic rings. The number of anilines is 1. The van der Waals surface area contributed by atoms with E-state index in [0.717, 1.165) is 29.4 Å². The predicted octanol–water partition coefficient (Wildman–Crippen LogP) is 2.81. The molecule has 0 atom stereocenters. The van der Waals surface area contributed by atoms with Crippen molar-refractivity contribution in [3.63, 3.8) is 0 Å². The van der Waals surface area contributed by atoms with Crippen LogP contribution in [0.25, 0.3) is 10.8 Å². The first-order valence-corrected chi connectivity index (χ1v) is 6.62. The molecule has 2 N–H and O–H groups in total. The van der Waals surface area contributed by atoms with E-state index in [0.29, 0.717) is 12.2 Å². The fraction of sp³-hybridized carbons (Fsp3) is 0.333. The average molecular weight is 257 g/mol. The molecule has 4 nitrogen and oxygen atoms in total. The van der Waals surface area contributed by atoms with Crippen molar-refractivity contribution in [3.05, 3.63) is 36.0 Å². The van der Waals surface area contributed by atoms with Crippen LogP contribution in [-0.2, 0) is 0 Å². The smallest absolute Gasteiger partial charge is 0.269 e. The monoisotopic (exact) mass is 257 g/mol. The van der Waals surface area contributed by atoms with Crippen molar-refractivity contribution >= 4 is 22.5 Å². The van der Waals surface area contributed by atoms with Crippen molar-refractivity contribution in [1.82, 2.24) is 10.3 Å². The Morgan fingerprint density at radius 3 is 2.84 bits per heavy atom. The molecule has 1 aromatic carbocycles. The Balaban J connectivity index is 2.31. The fourth-order valence-corrected chi connectivity index (χ4v) is 1.97. The van der Waals surface area contributed by atoms with Crippen molar-refractivity contribution in [1.29, 1.82) is 0 Å². The van der Waals surface area contributed by atoms with Crippen LogP contribution in [-0.4, -0.2) is 24.5 Å². The van der Waals surface area contributed by atoms with E-state index in [1.54, 1.807) is 0 Å². The second kappa shape index (κ2) is 6.18. The summed E-state index contributed by atoms with van der Waals surface area (Å²) in [6, 6.07) is 9.73. The first-order chi connectivity index (χ1) is 9.26. The predicted molar refractivity (Wildman–Crippen MR) is 78.5 cm³/mol. The number of carbonyl (C=O) groups excluding carboxylic acids is 1. The van der Waals surface area contributed by atoms with Crippen molar-refractivity contribution in [3.8, 4) is 0 Å². The van der Waals surface area contributed by atoms with E-state index in [1.165, 1.54) is 0 Å². The molecule has 1 amide bonds. The zero-order chi connectivity index (χ0) is 13.7. The number of carbonyl (C=O) groups is 1. The first-order valence-electron chi connectivity index (χ1n) is 6.62. The third-order valence-electron chi connectivity index (χ3n) is 3.03. The number of hydrogen-bond donors (Lipinski definition) is 2. The highest BCUT2D eigenvalue weighted by Gasteiger charge is 2.10. The van der Waals surface area contributed by atoms with Crippen molar-refractivity contribution < 1.29 is 4.79 Å². The molecule has 19 heavy (non-hydrogen) atoms. The molecule has 0 unspecified atom stereocenters. The molecule has 100 valence electrons. The molecule has 0 bridgehead atoms. The van der Waals surface area contributed by atoms with Gasteiger partial charge >= 0.3 is 0 Å². The summed E-state index contributed by atoms with van der Waals surface area (Å²) in [5, 5.41) is 7.97. The maximum Gasteiger partial charge on any atom is 0.269 e. The quantitative estimate of drug-likeness (QED) is 0.810. The number of unbranched alkanes of at least 4 members (excludes halogenated alkanes) is 1. The van der Waals surface area contributed by atoms with Gasteiger partial charge in [0.2, 0.25) is 0 Å². The van der Waals surface area contributed by atoms with Crippen LogP contribution in [0.4, 0.5) is 5.82 Å². The first kappa shape index (κ1) is 13.3. The average Bonchev–Trinajstić information content (AvgIpc) is 2.46. The lowest BCUT2D eigenvalue weighted by atomic mass is 10.1. The van der Waals surface area contributed by atoms with Gasteiger partial charge in [-0.2, -0.15) is 0 Å². The van der Waals surface area contributed by atoms with Crippen molar-refractivity contribution in [2.24, 2.45) is 0 Å². The van der Waals surface area contributed by atoms with Crippen molar-refractivity contribution in [2.75, 3.05) is 18.9 Å². The highest BCUT2D eigenvalue weighted by Crippen LogP contribution is 2.21. The molecule has 0 spiro atoms. The van der Waals surface area contributed by atoms with E-state index in [4.69, 9.17) is 0 Å². The van der Waals surface area contributed by atoms with Gasteiger partial charge in [0.15, 0.2) is 0 Å². The second-order valence-electron chi connectivity index (χ2n) is 4.44. The molecular formula is C15H19N3O. The Labute approximate surface area is 113 Å². The van der Waals surface area contributed by atoms with Crippen LogP contribution in [0.15, 0.2) is 30.3 Å². The van der Waals surface area contributed by atoms with E-state index >= 15 is 0 Å². The van der Waals surface area contributed by atoms with Crippen LogP contribution in [0.3, 0.4) is 0 Å². The Morgan fingerprint density at radius 1 is 1.32 bits per heavy atom. The molecule has 0 aliphatic rings. The highest BCUT2D eigenvalue weighted by atomic mass is 16.1. The summed E-state index contributed by atoms with van der Waals surface area (Å²) in [5.41, 5.74) is 0.458. The van der Waals surface area contributed by atoms with Crippen LogP contribution in [0, 0.1) is 0 Å². The molecule has 1 heterocycles. The Bertz CT molecular complexity index is 581. The fourth-order valence-electron chi connectivity index (χ4n) is 1.97. The summed E-state index contributed by atoms with van der Waals surface area (Å²) >= 11 is 0. The van der Waals surface area contributed by atoms with E-state index in [9.17, 15) is 4.79 Å². The minimum absolute atomic E-state index is 0.115. The highest BCUT2D eigenvalue weighted by molar-refractivity contribution is 6.00. The Morgan fingerprint density at radius 2 is 2.11 bits per heavy atom. The number of aromatic nitrogens is 1. The van der Waals surface area contributed by atoms with Gasteiger partial charge in [0.05, 0.1) is 0 Å². The summed E-state index contributed by atoms with van der Waals surface area (Å²) in [6.45, 7) is 2.79. The van der Waals surface area contributed by atoms with Gasteiger partial charge in [-0.1, -0.05) is 37.6 Å². The number of nitrogens with zero attached hydrogens (tertiary/aromatic N) is 1. The van der Waals surface area contributed by atoms with Crippen LogP contribution >= 0.6 is 0 Å². The Hall–Kier alpha value is -2.10. The maximum atomic E-state index is 12.0. The molecule has 0 aliphatic carbocycles. The second-order valence-corrected chi connectivity index (χ2v) is 4.44. The van der Waals surface area contributed by atoms with E-state index < -0.39 is 0 Å². The number of rotatable bonds is 5. The lowest BCUT2D eigenvalue weighted by molar-refractivity contribution is 0.0948. The minimum Gasteiger partial charge on any atom is -0.373 e. The third kappa shape index (κ3) is 3.02. The summed E-state index contributed by atoms with van der Waals surface area (Å²) in [4.78, 5) is 16.4. The lowest BCUT2D eigenvalue weighted by Gasteiger charge is -2.09. The topological polar surface area (TPSA) is 54.0 Å². The van der Waals surface area contributed by atoms with Gasteiger partial charge in [0.1, 0.15) is 11.5 Å². The lowest BCUT2D eigenvalue weighted by Crippen LogP contribution is -2.25. The number of amides is 1. The molecule has 1 aromatic heterocycles. The summed E-state index contributed by atoms with van der Waals surface area (Å²) in [6.07, 6.45) is 2.05. The standard InChI is InChI=1S/C15H19N3O/c1-3-4-9-17-15(19)13-10-11-7-5-6-8-12(11)14(16-2)18-13/h5-8,10H,3-4,9H2,1-2H3,(H,16,18)(H,17,19). The number of nitrogens with one attached hydrogen (secondary N) is 2. The van der Waals surface area contributed by atoms with Gasteiger partial charge in [-0.05, 0) is 17.9 Å². The normalized spacial score (nSPS) is 10.4. The summed E-state index contributed by atoms with van der Waals surface area (Å²) in [7, 11) is 1.81. The number of pyridine rings is 1. The van der Waals surface area contributed by atoms with Gasteiger partial charge in [0.25, 0.3) is 5.91 Å². The van der Waals surface area contributed by atoms with Crippen LogP contribution < -0.4 is 10.6 Å². The molecule has 4 heteroatoms. The van der Waals surface area contributed by atoms with E-state index in [-0.39, 0.29) is 5.91 Å². The van der Waals surface area contributed by atoms with E-state index in [1.807, 2.05) is 37.4 Å². The zero-order valence-electron chi connectivity index (χ0n) is 11.4. The largest absolute Gasteiger partial charge is 0.373 e. The summed E-state index contributed by atoms with van der Waals surface area (Å²) in [5.74, 6) is 0.620. The molecule has 0 radical (unpaired) electrons. The minimum atomic E-state index is -0.115. The van der Waals surface area contributed by atoms with Gasteiger partial charge in [-0.25, -0.2) is 4.98 Å². The molecule has 0 saturated heterocycles. The van der Waals surface area contributed by atoms with Crippen LogP contribution in [0.1, 0.15) is 30.3 Å². The molecular weight excluding hydrogens is 238 g/mol. The van der Waals surface area contributed by atoms with Crippen molar-refractivity contribution in [2.45, 2.75) is 19.8 Å². The molecule has 0 aliphatic heterocycles.